The second kappa shape index (κ2) is 9.07. The summed E-state index contributed by atoms with van der Waals surface area (Å²) in [5.41, 5.74) is 1.88. The molecule has 0 aliphatic carbocycles. The van der Waals surface area contributed by atoms with Crippen LogP contribution in [0.5, 0.6) is 5.75 Å². The van der Waals surface area contributed by atoms with Crippen LogP contribution in [0.3, 0.4) is 0 Å². The predicted molar refractivity (Wildman–Crippen MR) is 115 cm³/mol. The summed E-state index contributed by atoms with van der Waals surface area (Å²) in [4.78, 5) is 21.5. The van der Waals surface area contributed by atoms with E-state index in [1.807, 2.05) is 53.9 Å². The number of thiazole rings is 1. The number of phenols is 1. The van der Waals surface area contributed by atoms with E-state index in [1.54, 1.807) is 23.6 Å². The van der Waals surface area contributed by atoms with Gasteiger partial charge in [0.25, 0.3) is 0 Å². The standard InChI is InChI=1S/C22H24N4O2S/c27-19-9-5-4-8-18(19)26-13-11-25(12-14-26)16-20(28)24-21(22-23-10-15-29-22)17-6-2-1-3-7-17/h1-10,15,21,27H,11-14,16H2,(H,24,28). The van der Waals surface area contributed by atoms with E-state index in [2.05, 4.69) is 20.1 Å². The molecule has 1 aromatic heterocycles. The van der Waals surface area contributed by atoms with E-state index in [4.69, 9.17) is 0 Å². The smallest absolute Gasteiger partial charge is 0.235 e. The van der Waals surface area contributed by atoms with Crippen molar-refractivity contribution in [3.8, 4) is 5.75 Å². The van der Waals surface area contributed by atoms with Crippen LogP contribution in [0.4, 0.5) is 5.69 Å². The van der Waals surface area contributed by atoms with Gasteiger partial charge < -0.3 is 15.3 Å². The number of para-hydroxylation sites is 2. The number of rotatable bonds is 6. The molecule has 150 valence electrons. The Morgan fingerprint density at radius 1 is 1.07 bits per heavy atom. The van der Waals surface area contributed by atoms with Crippen LogP contribution in [0.15, 0.2) is 66.2 Å². The van der Waals surface area contributed by atoms with E-state index in [0.717, 1.165) is 42.4 Å². The molecule has 6 nitrogen and oxygen atoms in total. The molecule has 4 rings (SSSR count). The van der Waals surface area contributed by atoms with Gasteiger partial charge in [-0.2, -0.15) is 0 Å². The molecule has 7 heteroatoms. The van der Waals surface area contributed by atoms with Gasteiger partial charge in [0.2, 0.25) is 5.91 Å². The normalized spacial score (nSPS) is 15.8. The van der Waals surface area contributed by atoms with Crippen molar-refractivity contribution >= 4 is 22.9 Å². The fraction of sp³-hybridized carbons (Fsp3) is 0.273. The summed E-state index contributed by atoms with van der Waals surface area (Å²) in [6, 6.07) is 17.1. The number of nitrogens with one attached hydrogen (secondary N) is 1. The van der Waals surface area contributed by atoms with Gasteiger partial charge in [0.1, 0.15) is 16.8 Å². The van der Waals surface area contributed by atoms with Gasteiger partial charge >= 0.3 is 0 Å². The molecule has 1 amide bonds. The highest BCUT2D eigenvalue weighted by Crippen LogP contribution is 2.27. The summed E-state index contributed by atoms with van der Waals surface area (Å²) < 4.78 is 0. The first-order valence-corrected chi connectivity index (χ1v) is 10.6. The average Bonchev–Trinajstić information content (AvgIpc) is 3.28. The molecular formula is C22H24N4O2S. The molecule has 2 heterocycles. The lowest BCUT2D eigenvalue weighted by Gasteiger charge is -2.36. The summed E-state index contributed by atoms with van der Waals surface area (Å²) >= 11 is 1.54. The number of carbonyl (C=O) groups excluding carboxylic acids is 1. The van der Waals surface area contributed by atoms with E-state index < -0.39 is 0 Å². The van der Waals surface area contributed by atoms with Crippen LogP contribution >= 0.6 is 11.3 Å². The van der Waals surface area contributed by atoms with Crippen molar-refractivity contribution in [1.29, 1.82) is 0 Å². The molecule has 1 unspecified atom stereocenters. The van der Waals surface area contributed by atoms with Gasteiger partial charge in [0, 0.05) is 37.8 Å². The number of anilines is 1. The van der Waals surface area contributed by atoms with Crippen LogP contribution in [-0.2, 0) is 4.79 Å². The largest absolute Gasteiger partial charge is 0.506 e. The zero-order chi connectivity index (χ0) is 20.1. The number of nitrogens with zero attached hydrogens (tertiary/aromatic N) is 3. The molecule has 1 saturated heterocycles. The first-order chi connectivity index (χ1) is 14.2. The Labute approximate surface area is 174 Å². The molecule has 0 saturated carbocycles. The SMILES string of the molecule is O=C(CN1CCN(c2ccccc2O)CC1)NC(c1ccccc1)c1nccs1. The van der Waals surface area contributed by atoms with Crippen LogP contribution in [0.1, 0.15) is 16.6 Å². The van der Waals surface area contributed by atoms with Gasteiger partial charge in [-0.25, -0.2) is 4.98 Å². The maximum atomic E-state index is 12.8. The third-order valence-electron chi connectivity index (χ3n) is 5.10. The van der Waals surface area contributed by atoms with E-state index in [-0.39, 0.29) is 11.9 Å². The van der Waals surface area contributed by atoms with Crippen molar-refractivity contribution in [1.82, 2.24) is 15.2 Å². The van der Waals surface area contributed by atoms with Crippen molar-refractivity contribution in [2.75, 3.05) is 37.6 Å². The second-order valence-corrected chi connectivity index (χ2v) is 7.96. The first-order valence-electron chi connectivity index (χ1n) is 9.70. The Hall–Kier alpha value is -2.90. The minimum atomic E-state index is -0.230. The molecule has 29 heavy (non-hydrogen) atoms. The van der Waals surface area contributed by atoms with Crippen LogP contribution in [0.2, 0.25) is 0 Å². The first kappa shape index (κ1) is 19.4. The van der Waals surface area contributed by atoms with Gasteiger partial charge in [0.05, 0.1) is 12.2 Å². The van der Waals surface area contributed by atoms with Crippen LogP contribution in [0, 0.1) is 0 Å². The highest BCUT2D eigenvalue weighted by molar-refractivity contribution is 7.09. The Balaban J connectivity index is 1.35. The lowest BCUT2D eigenvalue weighted by molar-refractivity contribution is -0.122. The fourth-order valence-corrected chi connectivity index (χ4v) is 4.31. The highest BCUT2D eigenvalue weighted by Gasteiger charge is 2.23. The summed E-state index contributed by atoms with van der Waals surface area (Å²) in [5, 5.41) is 16.0. The predicted octanol–water partition coefficient (Wildman–Crippen LogP) is 2.88. The number of benzene rings is 2. The zero-order valence-corrected chi connectivity index (χ0v) is 16.9. The molecule has 0 spiro atoms. The Morgan fingerprint density at radius 3 is 2.48 bits per heavy atom. The molecule has 1 aliphatic rings. The number of carbonyl (C=O) groups is 1. The molecule has 1 aliphatic heterocycles. The van der Waals surface area contributed by atoms with Gasteiger partial charge in [-0.15, -0.1) is 11.3 Å². The summed E-state index contributed by atoms with van der Waals surface area (Å²) in [6.45, 7) is 3.45. The fourth-order valence-electron chi connectivity index (χ4n) is 3.60. The van der Waals surface area contributed by atoms with E-state index in [0.29, 0.717) is 12.3 Å². The van der Waals surface area contributed by atoms with Crippen LogP contribution < -0.4 is 10.2 Å². The monoisotopic (exact) mass is 408 g/mol. The van der Waals surface area contributed by atoms with E-state index in [9.17, 15) is 9.90 Å². The maximum Gasteiger partial charge on any atom is 0.235 e. The number of amides is 1. The average molecular weight is 409 g/mol. The number of aromatic hydroxyl groups is 1. The summed E-state index contributed by atoms with van der Waals surface area (Å²) in [6.07, 6.45) is 1.76. The minimum Gasteiger partial charge on any atom is -0.506 e. The number of aromatic nitrogens is 1. The molecule has 0 bridgehead atoms. The van der Waals surface area contributed by atoms with Crippen molar-refractivity contribution in [3.05, 3.63) is 76.7 Å². The summed E-state index contributed by atoms with van der Waals surface area (Å²) in [7, 11) is 0. The van der Waals surface area contributed by atoms with E-state index >= 15 is 0 Å². The Morgan fingerprint density at radius 2 is 1.79 bits per heavy atom. The summed E-state index contributed by atoms with van der Waals surface area (Å²) in [5.74, 6) is 0.290. The van der Waals surface area contributed by atoms with Crippen molar-refractivity contribution in [2.45, 2.75) is 6.04 Å². The van der Waals surface area contributed by atoms with Crippen molar-refractivity contribution < 1.29 is 9.90 Å². The quantitative estimate of drug-likeness (QED) is 0.656. The number of phenolic OH excluding ortho intramolecular Hbond substituents is 1. The molecule has 2 aromatic carbocycles. The van der Waals surface area contributed by atoms with E-state index in [1.165, 1.54) is 0 Å². The molecule has 3 aromatic rings. The van der Waals surface area contributed by atoms with Gasteiger partial charge in [0.15, 0.2) is 0 Å². The minimum absolute atomic E-state index is 0.00920. The number of hydrogen-bond donors (Lipinski definition) is 2. The second-order valence-electron chi connectivity index (χ2n) is 7.03. The number of piperazine rings is 1. The number of hydrogen-bond acceptors (Lipinski definition) is 6. The van der Waals surface area contributed by atoms with Crippen LogP contribution in [0.25, 0.3) is 0 Å². The van der Waals surface area contributed by atoms with Gasteiger partial charge in [-0.3, -0.25) is 9.69 Å². The zero-order valence-electron chi connectivity index (χ0n) is 16.1. The third kappa shape index (κ3) is 4.75. The molecule has 1 fully saturated rings. The lowest BCUT2D eigenvalue weighted by atomic mass is 10.1. The third-order valence-corrected chi connectivity index (χ3v) is 5.94. The van der Waals surface area contributed by atoms with Gasteiger partial charge in [-0.05, 0) is 17.7 Å². The lowest BCUT2D eigenvalue weighted by Crippen LogP contribution is -2.49. The topological polar surface area (TPSA) is 68.7 Å². The van der Waals surface area contributed by atoms with Crippen molar-refractivity contribution in [2.24, 2.45) is 0 Å². The van der Waals surface area contributed by atoms with Crippen LogP contribution in [-0.4, -0.2) is 53.6 Å². The molecule has 1 atom stereocenters. The van der Waals surface area contributed by atoms with Gasteiger partial charge in [-0.1, -0.05) is 42.5 Å². The molecular weight excluding hydrogens is 384 g/mol. The Kier molecular flexibility index (Phi) is 6.07. The molecule has 0 radical (unpaired) electrons. The maximum absolute atomic E-state index is 12.8. The van der Waals surface area contributed by atoms with Crippen molar-refractivity contribution in [3.63, 3.8) is 0 Å². The highest BCUT2D eigenvalue weighted by atomic mass is 32.1. The molecule has 2 N–H and O–H groups in total. The Bertz CT molecular complexity index is 925.